The van der Waals surface area contributed by atoms with Gasteiger partial charge in [0.15, 0.2) is 6.61 Å². The molecule has 0 aliphatic rings. The van der Waals surface area contributed by atoms with Crippen molar-refractivity contribution in [2.45, 2.75) is 11.1 Å². The fourth-order valence-corrected chi connectivity index (χ4v) is 2.55. The molecule has 0 radical (unpaired) electrons. The Labute approximate surface area is 150 Å². The van der Waals surface area contributed by atoms with E-state index in [-0.39, 0.29) is 22.9 Å². The van der Waals surface area contributed by atoms with Crippen molar-refractivity contribution in [3.05, 3.63) is 58.6 Å². The molecule has 1 N–H and O–H groups in total. The van der Waals surface area contributed by atoms with Crippen LogP contribution >= 0.6 is 11.8 Å². The van der Waals surface area contributed by atoms with Crippen LogP contribution < -0.4 is 10.1 Å². The first-order chi connectivity index (χ1) is 12.2. The highest BCUT2D eigenvalue weighted by atomic mass is 32.2. The minimum atomic E-state index is -4.48. The molecule has 0 heterocycles. The zero-order valence-corrected chi connectivity index (χ0v) is 14.0. The third-order valence-electron chi connectivity index (χ3n) is 2.97. The summed E-state index contributed by atoms with van der Waals surface area (Å²) >= 11 is 1.14. The zero-order chi connectivity index (χ0) is 19.2. The number of nitro groups is 1. The topological polar surface area (TPSA) is 81.5 Å². The van der Waals surface area contributed by atoms with Crippen molar-refractivity contribution >= 4 is 29.0 Å². The minimum absolute atomic E-state index is 0.0224. The van der Waals surface area contributed by atoms with Gasteiger partial charge in [0.05, 0.1) is 16.4 Å². The van der Waals surface area contributed by atoms with E-state index in [0.717, 1.165) is 11.8 Å². The minimum Gasteiger partial charge on any atom is -0.482 e. The monoisotopic (exact) mass is 386 g/mol. The fraction of sp³-hybridized carbons (Fsp3) is 0.188. The summed E-state index contributed by atoms with van der Waals surface area (Å²) in [5.74, 6) is -0.555. The number of carbonyl (C=O) groups excluding carboxylic acids is 1. The Balaban J connectivity index is 1.92. The lowest BCUT2D eigenvalue weighted by atomic mass is 10.3. The summed E-state index contributed by atoms with van der Waals surface area (Å²) in [6, 6.07) is 11.5. The molecule has 2 aromatic rings. The van der Waals surface area contributed by atoms with Crippen LogP contribution in [0.3, 0.4) is 0 Å². The third-order valence-corrected chi connectivity index (χ3v) is 3.98. The number of anilines is 1. The molecule has 10 heteroatoms. The van der Waals surface area contributed by atoms with E-state index in [1.807, 2.05) is 0 Å². The van der Waals surface area contributed by atoms with Gasteiger partial charge < -0.3 is 10.1 Å². The Hall–Kier alpha value is -2.75. The van der Waals surface area contributed by atoms with Crippen molar-refractivity contribution in [2.75, 3.05) is 17.7 Å². The van der Waals surface area contributed by atoms with E-state index in [1.54, 1.807) is 6.07 Å². The average molecular weight is 386 g/mol. The van der Waals surface area contributed by atoms with Gasteiger partial charge in [-0.3, -0.25) is 14.9 Å². The van der Waals surface area contributed by atoms with Crippen LogP contribution in [0.1, 0.15) is 0 Å². The maximum Gasteiger partial charge on any atom is 0.422 e. The molecule has 0 aliphatic carbocycles. The van der Waals surface area contributed by atoms with Crippen LogP contribution in [0, 0.1) is 10.1 Å². The number of non-ortho nitro benzene ring substituents is 1. The Morgan fingerprint density at radius 3 is 2.42 bits per heavy atom. The Bertz CT molecular complexity index is 782. The van der Waals surface area contributed by atoms with Crippen molar-refractivity contribution in [3.63, 3.8) is 0 Å². The van der Waals surface area contributed by atoms with Crippen LogP contribution in [0.25, 0.3) is 0 Å². The molecule has 2 rings (SSSR count). The quantitative estimate of drug-likeness (QED) is 0.437. The average Bonchev–Trinajstić information content (AvgIpc) is 2.59. The maximum absolute atomic E-state index is 12.3. The standard InChI is InChI=1S/C16H13F3N2O4S/c17-16(18,19)10-25-14-4-2-1-3-13(14)20-15(22)9-26-12-7-5-11(6-8-12)21(23)24/h1-8H,9-10H2,(H,20,22). The Kier molecular flexibility index (Phi) is 6.45. The summed E-state index contributed by atoms with van der Waals surface area (Å²) in [5, 5.41) is 13.1. The molecule has 2 aromatic carbocycles. The number of nitrogens with one attached hydrogen (secondary N) is 1. The number of alkyl halides is 3. The molecule has 0 saturated heterocycles. The normalized spacial score (nSPS) is 11.0. The number of halogens is 3. The number of nitrogens with zero attached hydrogens (tertiary/aromatic N) is 1. The van der Waals surface area contributed by atoms with Gasteiger partial charge in [-0.25, -0.2) is 0 Å². The number of benzene rings is 2. The van der Waals surface area contributed by atoms with Crippen molar-refractivity contribution in [2.24, 2.45) is 0 Å². The number of nitro benzene ring substituents is 1. The number of thioether (sulfide) groups is 1. The van der Waals surface area contributed by atoms with E-state index in [2.05, 4.69) is 5.32 Å². The van der Waals surface area contributed by atoms with Gasteiger partial charge in [-0.2, -0.15) is 13.2 Å². The predicted molar refractivity (Wildman–Crippen MR) is 90.4 cm³/mol. The first-order valence-corrected chi connectivity index (χ1v) is 8.19. The van der Waals surface area contributed by atoms with E-state index < -0.39 is 23.6 Å². The lowest BCUT2D eigenvalue weighted by Gasteiger charge is -2.13. The van der Waals surface area contributed by atoms with Crippen molar-refractivity contribution < 1.29 is 27.6 Å². The second-order valence-electron chi connectivity index (χ2n) is 4.99. The van der Waals surface area contributed by atoms with E-state index >= 15 is 0 Å². The van der Waals surface area contributed by atoms with Gasteiger partial charge in [0.2, 0.25) is 5.91 Å². The van der Waals surface area contributed by atoms with Crippen molar-refractivity contribution in [1.29, 1.82) is 0 Å². The maximum atomic E-state index is 12.3. The van der Waals surface area contributed by atoms with E-state index in [1.165, 1.54) is 42.5 Å². The van der Waals surface area contributed by atoms with Crippen LogP contribution in [-0.4, -0.2) is 29.4 Å². The van der Waals surface area contributed by atoms with Crippen LogP contribution in [0.15, 0.2) is 53.4 Å². The molecule has 0 aliphatic heterocycles. The first kappa shape index (κ1) is 19.6. The Morgan fingerprint density at radius 1 is 1.15 bits per heavy atom. The molecule has 0 saturated carbocycles. The molecular weight excluding hydrogens is 373 g/mol. The first-order valence-electron chi connectivity index (χ1n) is 7.20. The molecule has 1 amide bonds. The second-order valence-corrected chi connectivity index (χ2v) is 6.04. The number of carbonyl (C=O) groups is 1. The number of amides is 1. The smallest absolute Gasteiger partial charge is 0.422 e. The number of hydrogen-bond acceptors (Lipinski definition) is 5. The highest BCUT2D eigenvalue weighted by molar-refractivity contribution is 8.00. The summed E-state index contributed by atoms with van der Waals surface area (Å²) in [6.07, 6.45) is -4.48. The SMILES string of the molecule is O=C(CSc1ccc([N+](=O)[O-])cc1)Nc1ccccc1OCC(F)(F)F. The summed E-state index contributed by atoms with van der Waals surface area (Å²) in [7, 11) is 0. The Morgan fingerprint density at radius 2 is 1.81 bits per heavy atom. The summed E-state index contributed by atoms with van der Waals surface area (Å²) in [4.78, 5) is 22.7. The van der Waals surface area contributed by atoms with Gasteiger partial charge in [0.1, 0.15) is 5.75 Å². The lowest BCUT2D eigenvalue weighted by molar-refractivity contribution is -0.384. The molecule has 0 spiro atoms. The van der Waals surface area contributed by atoms with Gasteiger partial charge >= 0.3 is 6.18 Å². The number of rotatable bonds is 7. The molecule has 0 aromatic heterocycles. The predicted octanol–water partition coefficient (Wildman–Crippen LogP) is 4.27. The second kappa shape index (κ2) is 8.56. The van der Waals surface area contributed by atoms with E-state index in [9.17, 15) is 28.1 Å². The van der Waals surface area contributed by atoms with Crippen molar-refractivity contribution in [3.8, 4) is 5.75 Å². The van der Waals surface area contributed by atoms with Crippen LogP contribution in [0.4, 0.5) is 24.5 Å². The molecular formula is C16H13F3N2O4S. The van der Waals surface area contributed by atoms with Gasteiger partial charge in [0.25, 0.3) is 5.69 Å². The summed E-state index contributed by atoms with van der Waals surface area (Å²) in [5.41, 5.74) is 0.0700. The van der Waals surface area contributed by atoms with Gasteiger partial charge in [0, 0.05) is 17.0 Å². The number of hydrogen-bond donors (Lipinski definition) is 1. The largest absolute Gasteiger partial charge is 0.482 e. The molecule has 0 unspecified atom stereocenters. The lowest BCUT2D eigenvalue weighted by Crippen LogP contribution is -2.20. The third kappa shape index (κ3) is 6.28. The summed E-state index contributed by atoms with van der Waals surface area (Å²) < 4.78 is 41.5. The fourth-order valence-electron chi connectivity index (χ4n) is 1.85. The number of ether oxygens (including phenoxy) is 1. The molecule has 0 atom stereocenters. The molecule has 26 heavy (non-hydrogen) atoms. The molecule has 138 valence electrons. The van der Waals surface area contributed by atoms with Crippen molar-refractivity contribution in [1.82, 2.24) is 0 Å². The van der Waals surface area contributed by atoms with Gasteiger partial charge in [-0.05, 0) is 24.3 Å². The summed E-state index contributed by atoms with van der Waals surface area (Å²) in [6.45, 7) is -1.46. The van der Waals surface area contributed by atoms with E-state index in [0.29, 0.717) is 4.90 Å². The van der Waals surface area contributed by atoms with E-state index in [4.69, 9.17) is 4.74 Å². The molecule has 0 fully saturated rings. The highest BCUT2D eigenvalue weighted by Gasteiger charge is 2.28. The highest BCUT2D eigenvalue weighted by Crippen LogP contribution is 2.27. The van der Waals surface area contributed by atoms with Crippen LogP contribution in [0.5, 0.6) is 5.75 Å². The van der Waals surface area contributed by atoms with Gasteiger partial charge in [-0.1, -0.05) is 12.1 Å². The van der Waals surface area contributed by atoms with Crippen LogP contribution in [0.2, 0.25) is 0 Å². The van der Waals surface area contributed by atoms with Crippen LogP contribution in [-0.2, 0) is 4.79 Å². The molecule has 0 bridgehead atoms. The van der Waals surface area contributed by atoms with Gasteiger partial charge in [-0.15, -0.1) is 11.8 Å². The molecule has 6 nitrogen and oxygen atoms in total. The number of para-hydroxylation sites is 2. The zero-order valence-electron chi connectivity index (χ0n) is 13.2.